The van der Waals surface area contributed by atoms with Gasteiger partial charge < -0.3 is 15.3 Å². The number of phenolic OH excluding ortho intramolecular Hbond substituents is 1. The average molecular weight is 292 g/mol. The van der Waals surface area contributed by atoms with Crippen LogP contribution in [-0.4, -0.2) is 21.4 Å². The maximum Gasteiger partial charge on any atom is 0.123 e. The van der Waals surface area contributed by atoms with Gasteiger partial charge in [-0.2, -0.15) is 0 Å². The Bertz CT molecular complexity index is 940. The predicted molar refractivity (Wildman–Crippen MR) is 87.9 cm³/mol. The van der Waals surface area contributed by atoms with Gasteiger partial charge in [-0.1, -0.05) is 24.3 Å². The third-order valence-corrected chi connectivity index (χ3v) is 4.50. The minimum absolute atomic E-state index is 0.251. The molecule has 0 aliphatic heterocycles. The summed E-state index contributed by atoms with van der Waals surface area (Å²) in [7, 11) is 0. The van der Waals surface area contributed by atoms with E-state index in [2.05, 4.69) is 0 Å². The highest BCUT2D eigenvalue weighted by Crippen LogP contribution is 2.38. The topological polar surface area (TPSA) is 60.7 Å². The quantitative estimate of drug-likeness (QED) is 0.556. The van der Waals surface area contributed by atoms with Crippen molar-refractivity contribution in [3.8, 4) is 5.75 Å². The van der Waals surface area contributed by atoms with Crippen molar-refractivity contribution in [2.24, 2.45) is 0 Å². The molecule has 110 valence electrons. The summed E-state index contributed by atoms with van der Waals surface area (Å²) in [6, 6.07) is 11.4. The van der Waals surface area contributed by atoms with Gasteiger partial charge in [-0.3, -0.25) is 0 Å². The molecule has 0 saturated heterocycles. The van der Waals surface area contributed by atoms with E-state index in [-0.39, 0.29) is 5.75 Å². The lowest BCUT2D eigenvalue weighted by Gasteiger charge is -2.23. The van der Waals surface area contributed by atoms with Crippen molar-refractivity contribution < 1.29 is 15.3 Å². The fraction of sp³-hybridized carbons (Fsp3) is 0.158. The second-order valence-electron chi connectivity index (χ2n) is 5.89. The number of aliphatic hydroxyl groups is 2. The van der Waals surface area contributed by atoms with E-state index < -0.39 is 12.2 Å². The van der Waals surface area contributed by atoms with Crippen molar-refractivity contribution in [2.75, 3.05) is 0 Å². The molecule has 1 aliphatic carbocycles. The summed E-state index contributed by atoms with van der Waals surface area (Å²) in [5.41, 5.74) is 2.71. The van der Waals surface area contributed by atoms with Gasteiger partial charge >= 0.3 is 0 Å². The molecule has 22 heavy (non-hydrogen) atoms. The van der Waals surface area contributed by atoms with Crippen LogP contribution in [0.4, 0.5) is 0 Å². The second-order valence-corrected chi connectivity index (χ2v) is 5.89. The Labute approximate surface area is 127 Å². The fourth-order valence-corrected chi connectivity index (χ4v) is 3.31. The summed E-state index contributed by atoms with van der Waals surface area (Å²) in [6.45, 7) is 2.01. The van der Waals surface area contributed by atoms with Crippen LogP contribution in [0.25, 0.3) is 27.6 Å². The van der Waals surface area contributed by atoms with E-state index in [9.17, 15) is 15.3 Å². The summed E-state index contributed by atoms with van der Waals surface area (Å²) in [5, 5.41) is 34.0. The van der Waals surface area contributed by atoms with Gasteiger partial charge in [0.15, 0.2) is 0 Å². The van der Waals surface area contributed by atoms with Gasteiger partial charge in [0, 0.05) is 5.39 Å². The Morgan fingerprint density at radius 2 is 1.73 bits per heavy atom. The molecule has 3 heteroatoms. The van der Waals surface area contributed by atoms with E-state index in [1.165, 1.54) is 0 Å². The molecule has 3 nitrogen and oxygen atoms in total. The molecule has 2 atom stereocenters. The summed E-state index contributed by atoms with van der Waals surface area (Å²) in [4.78, 5) is 0. The van der Waals surface area contributed by atoms with Crippen LogP contribution >= 0.6 is 0 Å². The van der Waals surface area contributed by atoms with Gasteiger partial charge in [-0.15, -0.1) is 0 Å². The number of phenols is 1. The Hall–Kier alpha value is -2.36. The van der Waals surface area contributed by atoms with Crippen molar-refractivity contribution in [3.05, 3.63) is 59.2 Å². The van der Waals surface area contributed by atoms with Crippen LogP contribution in [0.15, 0.2) is 42.5 Å². The van der Waals surface area contributed by atoms with Crippen LogP contribution in [0.3, 0.4) is 0 Å². The monoisotopic (exact) mass is 292 g/mol. The fourth-order valence-electron chi connectivity index (χ4n) is 3.31. The summed E-state index contributed by atoms with van der Waals surface area (Å²) in [6.07, 6.45) is 1.66. The highest BCUT2D eigenvalue weighted by atomic mass is 16.3. The van der Waals surface area contributed by atoms with Gasteiger partial charge in [0.05, 0.1) is 0 Å². The minimum Gasteiger partial charge on any atom is -0.507 e. The van der Waals surface area contributed by atoms with Gasteiger partial charge in [0.2, 0.25) is 0 Å². The molecule has 0 fully saturated rings. The normalized spacial score (nSPS) is 20.5. The molecule has 3 aromatic rings. The second kappa shape index (κ2) is 4.57. The molecule has 0 spiro atoms. The Balaban J connectivity index is 2.16. The maximum absolute atomic E-state index is 10.2. The molecule has 1 aliphatic rings. The zero-order valence-electron chi connectivity index (χ0n) is 12.1. The first-order valence-electron chi connectivity index (χ1n) is 7.29. The third-order valence-electron chi connectivity index (χ3n) is 4.50. The van der Waals surface area contributed by atoms with Crippen LogP contribution in [0.1, 0.15) is 22.8 Å². The minimum atomic E-state index is -0.919. The highest BCUT2D eigenvalue weighted by Gasteiger charge is 2.23. The lowest BCUT2D eigenvalue weighted by molar-refractivity contribution is 0.0471. The number of aromatic hydroxyl groups is 1. The van der Waals surface area contributed by atoms with Crippen LogP contribution in [0, 0.1) is 6.92 Å². The molecular weight excluding hydrogens is 276 g/mol. The molecule has 0 amide bonds. The first-order chi connectivity index (χ1) is 10.6. The van der Waals surface area contributed by atoms with Crippen LogP contribution in [0.5, 0.6) is 5.75 Å². The highest BCUT2D eigenvalue weighted by molar-refractivity contribution is 6.11. The summed E-state index contributed by atoms with van der Waals surface area (Å²) >= 11 is 0. The molecule has 0 aromatic heterocycles. The van der Waals surface area contributed by atoms with E-state index in [0.29, 0.717) is 0 Å². The molecule has 3 aromatic carbocycles. The number of hydrogen-bond acceptors (Lipinski definition) is 3. The first-order valence-corrected chi connectivity index (χ1v) is 7.29. The van der Waals surface area contributed by atoms with Gasteiger partial charge in [-0.25, -0.2) is 0 Å². The van der Waals surface area contributed by atoms with Crippen molar-refractivity contribution in [3.63, 3.8) is 0 Å². The molecule has 0 bridgehead atoms. The molecular formula is C19H16O3. The molecule has 0 unspecified atom stereocenters. The Morgan fingerprint density at radius 1 is 0.909 bits per heavy atom. The van der Waals surface area contributed by atoms with Crippen molar-refractivity contribution in [1.82, 2.24) is 0 Å². The average Bonchev–Trinajstić information content (AvgIpc) is 2.51. The SMILES string of the molecule is Cc1cc2c(O)cccc2c2cc3c(cc12)C=C[C@H](O)[C@H]3O. The lowest BCUT2D eigenvalue weighted by atomic mass is 9.87. The van der Waals surface area contributed by atoms with Gasteiger partial charge in [0.1, 0.15) is 18.0 Å². The predicted octanol–water partition coefficient (Wildman–Crippen LogP) is 3.43. The number of aliphatic hydroxyl groups excluding tert-OH is 2. The summed E-state index contributed by atoms with van der Waals surface area (Å²) in [5.74, 6) is 0.251. The molecule has 4 rings (SSSR count). The van der Waals surface area contributed by atoms with Crippen LogP contribution in [-0.2, 0) is 0 Å². The Morgan fingerprint density at radius 3 is 2.55 bits per heavy atom. The maximum atomic E-state index is 10.2. The molecule has 3 N–H and O–H groups in total. The van der Waals surface area contributed by atoms with E-state index in [1.807, 2.05) is 43.3 Å². The van der Waals surface area contributed by atoms with Crippen LogP contribution in [0.2, 0.25) is 0 Å². The summed E-state index contributed by atoms with van der Waals surface area (Å²) < 4.78 is 0. The van der Waals surface area contributed by atoms with Gasteiger partial charge in [0.25, 0.3) is 0 Å². The standard InChI is InChI=1S/C19H16O3/c1-10-7-16-12(3-2-4-17(16)20)15-9-14-11(8-13(10)15)5-6-18(21)19(14)22/h2-9,18-22H,1H3/t18-,19-/m0/s1. The molecule has 0 radical (unpaired) electrons. The molecule has 0 heterocycles. The Kier molecular flexibility index (Phi) is 2.76. The smallest absolute Gasteiger partial charge is 0.123 e. The number of hydrogen-bond donors (Lipinski definition) is 3. The van der Waals surface area contributed by atoms with E-state index in [0.717, 1.165) is 38.2 Å². The van der Waals surface area contributed by atoms with E-state index in [1.54, 1.807) is 12.1 Å². The van der Waals surface area contributed by atoms with Crippen molar-refractivity contribution in [2.45, 2.75) is 19.1 Å². The zero-order valence-corrected chi connectivity index (χ0v) is 12.1. The third kappa shape index (κ3) is 1.76. The van der Waals surface area contributed by atoms with E-state index >= 15 is 0 Å². The largest absolute Gasteiger partial charge is 0.507 e. The van der Waals surface area contributed by atoms with Crippen molar-refractivity contribution in [1.29, 1.82) is 0 Å². The molecule has 0 saturated carbocycles. The lowest BCUT2D eigenvalue weighted by Crippen LogP contribution is -2.19. The number of benzene rings is 3. The van der Waals surface area contributed by atoms with E-state index in [4.69, 9.17) is 0 Å². The first kappa shape index (κ1) is 13.3. The number of rotatable bonds is 0. The van der Waals surface area contributed by atoms with Gasteiger partial charge in [-0.05, 0) is 64.0 Å². The number of aryl methyl sites for hydroxylation is 1. The van der Waals surface area contributed by atoms with Crippen LogP contribution < -0.4 is 0 Å². The zero-order chi connectivity index (χ0) is 15.4. The van der Waals surface area contributed by atoms with Crippen molar-refractivity contribution >= 4 is 27.6 Å². The number of fused-ring (bicyclic) bond motifs is 4.